The summed E-state index contributed by atoms with van der Waals surface area (Å²) in [5.74, 6) is 1.61. The first kappa shape index (κ1) is 20.2. The quantitative estimate of drug-likeness (QED) is 0.563. The fourth-order valence-corrected chi connectivity index (χ4v) is 2.92. The van der Waals surface area contributed by atoms with E-state index in [0.717, 1.165) is 34.9 Å². The predicted molar refractivity (Wildman–Crippen MR) is 104 cm³/mol. The van der Waals surface area contributed by atoms with Crippen LogP contribution in [0.15, 0.2) is 33.8 Å². The van der Waals surface area contributed by atoms with Gasteiger partial charge in [0.2, 0.25) is 5.76 Å². The van der Waals surface area contributed by atoms with E-state index in [-0.39, 0.29) is 0 Å². The van der Waals surface area contributed by atoms with Crippen LogP contribution in [-0.2, 0) is 0 Å². The summed E-state index contributed by atoms with van der Waals surface area (Å²) in [5, 5.41) is 13.3. The van der Waals surface area contributed by atoms with Crippen LogP contribution in [0.5, 0.6) is 0 Å². The Morgan fingerprint density at radius 2 is 2.21 bits per heavy atom. The highest BCUT2D eigenvalue weighted by molar-refractivity contribution is 9.10. The van der Waals surface area contributed by atoms with Crippen LogP contribution >= 0.6 is 15.9 Å². The van der Waals surface area contributed by atoms with Gasteiger partial charge in [-0.05, 0) is 34.7 Å². The molecule has 0 aromatic carbocycles. The first-order valence-electron chi connectivity index (χ1n) is 8.46. The Balaban J connectivity index is 0.00000139. The van der Waals surface area contributed by atoms with Crippen molar-refractivity contribution in [3.05, 3.63) is 35.2 Å². The van der Waals surface area contributed by atoms with Crippen molar-refractivity contribution < 1.29 is 4.42 Å². The Morgan fingerprint density at radius 1 is 1.50 bits per heavy atom. The van der Waals surface area contributed by atoms with Crippen molar-refractivity contribution in [3.8, 4) is 6.07 Å². The van der Waals surface area contributed by atoms with E-state index in [1.807, 2.05) is 26.0 Å². The van der Waals surface area contributed by atoms with Gasteiger partial charge >= 0.3 is 0 Å². The van der Waals surface area contributed by atoms with Gasteiger partial charge in [-0.2, -0.15) is 5.26 Å². The molecule has 4 nitrogen and oxygen atoms in total. The van der Waals surface area contributed by atoms with Gasteiger partial charge in [0.15, 0.2) is 5.58 Å². The van der Waals surface area contributed by atoms with Gasteiger partial charge in [0, 0.05) is 17.5 Å². The minimum absolute atomic E-state index is 0.291. The Kier molecular flexibility index (Phi) is 8.56. The second-order valence-corrected chi connectivity index (χ2v) is 6.22. The molecule has 2 heterocycles. The second kappa shape index (κ2) is 10.1. The van der Waals surface area contributed by atoms with E-state index in [0.29, 0.717) is 23.3 Å². The van der Waals surface area contributed by atoms with E-state index < -0.39 is 0 Å². The maximum absolute atomic E-state index is 8.94. The van der Waals surface area contributed by atoms with E-state index in [4.69, 9.17) is 9.68 Å². The van der Waals surface area contributed by atoms with Crippen molar-refractivity contribution in [2.24, 2.45) is 5.92 Å². The number of hydrogen-bond acceptors (Lipinski definition) is 4. The summed E-state index contributed by atoms with van der Waals surface area (Å²) < 4.78 is 6.23. The molecule has 24 heavy (non-hydrogen) atoms. The lowest BCUT2D eigenvalue weighted by Gasteiger charge is -2.25. The Bertz CT molecular complexity index is 702. The van der Waals surface area contributed by atoms with Crippen LogP contribution < -0.4 is 5.32 Å². The summed E-state index contributed by atoms with van der Waals surface area (Å²) in [7, 11) is 0. The molecular formula is C19H26BrN3O. The van der Waals surface area contributed by atoms with Gasteiger partial charge in [-0.1, -0.05) is 40.2 Å². The zero-order valence-corrected chi connectivity index (χ0v) is 16.5. The van der Waals surface area contributed by atoms with Gasteiger partial charge in [-0.15, -0.1) is 6.58 Å². The molecule has 0 fully saturated rings. The monoisotopic (exact) mass is 391 g/mol. The lowest BCUT2D eigenvalue weighted by molar-refractivity contribution is 0.446. The summed E-state index contributed by atoms with van der Waals surface area (Å²) >= 11 is 3.58. The number of hydrogen-bond donors (Lipinski definition) is 1. The number of fused-ring (bicyclic) bond motifs is 1. The molecule has 0 saturated heterocycles. The Morgan fingerprint density at radius 3 is 2.79 bits per heavy atom. The van der Waals surface area contributed by atoms with Gasteiger partial charge < -0.3 is 9.73 Å². The molecule has 1 N–H and O–H groups in total. The van der Waals surface area contributed by atoms with Crippen molar-refractivity contribution >= 4 is 32.7 Å². The van der Waals surface area contributed by atoms with Crippen LogP contribution in [0.1, 0.15) is 52.7 Å². The van der Waals surface area contributed by atoms with Crippen molar-refractivity contribution in [3.63, 3.8) is 0 Å². The average molecular weight is 392 g/mol. The third-order valence-corrected chi connectivity index (χ3v) is 4.76. The maximum Gasteiger partial charge on any atom is 0.204 e. The van der Waals surface area contributed by atoms with Crippen LogP contribution in [0.4, 0.5) is 5.82 Å². The molecular weight excluding hydrogens is 366 g/mol. The van der Waals surface area contributed by atoms with Crippen LogP contribution in [0.2, 0.25) is 0 Å². The Hall–Kier alpha value is -1.80. The third kappa shape index (κ3) is 4.85. The molecule has 0 saturated carbocycles. The highest BCUT2D eigenvalue weighted by Gasteiger charge is 2.18. The molecule has 2 aromatic heterocycles. The van der Waals surface area contributed by atoms with Crippen LogP contribution in [0.3, 0.4) is 0 Å². The third-order valence-electron chi connectivity index (χ3n) is 3.96. The van der Waals surface area contributed by atoms with E-state index in [1.54, 1.807) is 12.3 Å². The van der Waals surface area contributed by atoms with E-state index in [1.165, 1.54) is 0 Å². The average Bonchev–Trinajstić information content (AvgIpc) is 3.05. The molecule has 130 valence electrons. The molecule has 0 spiro atoms. The van der Waals surface area contributed by atoms with Gasteiger partial charge in [0.1, 0.15) is 11.9 Å². The number of rotatable bonds is 7. The summed E-state index contributed by atoms with van der Waals surface area (Å²) in [5.41, 5.74) is 0.611. The SMILES string of the molecule is C=CCCC(Nc1ncc2oc(C#N)cc2c1Br)C(C)CC.CC. The van der Waals surface area contributed by atoms with Crippen LogP contribution in [0.25, 0.3) is 11.0 Å². The number of nitrogens with one attached hydrogen (secondary N) is 1. The van der Waals surface area contributed by atoms with Gasteiger partial charge in [-0.25, -0.2) is 4.98 Å². The molecule has 2 atom stereocenters. The van der Waals surface area contributed by atoms with Crippen LogP contribution in [0, 0.1) is 17.2 Å². The molecule has 0 amide bonds. The maximum atomic E-state index is 8.94. The highest BCUT2D eigenvalue weighted by Crippen LogP contribution is 2.33. The van der Waals surface area contributed by atoms with Gasteiger partial charge in [-0.3, -0.25) is 0 Å². The summed E-state index contributed by atoms with van der Waals surface area (Å²) in [6.45, 7) is 12.2. The fourth-order valence-electron chi connectivity index (χ4n) is 2.39. The molecule has 5 heteroatoms. The summed E-state index contributed by atoms with van der Waals surface area (Å²) in [6, 6.07) is 4.07. The molecule has 0 aliphatic heterocycles. The standard InChI is InChI=1S/C17H20BrN3O.C2H6/c1-4-6-7-14(11(3)5-2)21-17-16(18)13-8-12(9-19)22-15(13)10-20-17;1-2/h4,8,10-11,14H,1,5-7H2,2-3H3,(H,20,21);1-2H3. The molecule has 2 unspecified atom stereocenters. The minimum Gasteiger partial charge on any atom is -0.444 e. The van der Waals surface area contributed by atoms with Gasteiger partial charge in [0.05, 0.1) is 10.7 Å². The van der Waals surface area contributed by atoms with Gasteiger partial charge in [0.25, 0.3) is 0 Å². The molecule has 0 aliphatic carbocycles. The smallest absolute Gasteiger partial charge is 0.204 e. The van der Waals surface area contributed by atoms with Crippen LogP contribution in [-0.4, -0.2) is 11.0 Å². The second-order valence-electron chi connectivity index (χ2n) is 5.42. The normalized spacial score (nSPS) is 12.7. The van der Waals surface area contributed by atoms with Crippen molar-refractivity contribution in [1.29, 1.82) is 5.26 Å². The molecule has 0 radical (unpaired) electrons. The topological polar surface area (TPSA) is 61.9 Å². The number of pyridine rings is 1. The summed E-state index contributed by atoms with van der Waals surface area (Å²) in [6.07, 6.45) is 6.67. The number of furan rings is 1. The zero-order valence-electron chi connectivity index (χ0n) is 14.9. The van der Waals surface area contributed by atoms with E-state index >= 15 is 0 Å². The number of halogens is 1. The predicted octanol–water partition coefficient (Wildman–Crippen LogP) is 6.28. The molecule has 2 aromatic rings. The zero-order chi connectivity index (χ0) is 18.1. The minimum atomic E-state index is 0.291. The Labute approximate surface area is 153 Å². The highest BCUT2D eigenvalue weighted by atomic mass is 79.9. The summed E-state index contributed by atoms with van der Waals surface area (Å²) in [4.78, 5) is 4.43. The first-order valence-corrected chi connectivity index (χ1v) is 9.25. The van der Waals surface area contributed by atoms with Crippen molar-refractivity contribution in [2.45, 2.75) is 53.0 Å². The molecule has 0 aliphatic rings. The number of allylic oxidation sites excluding steroid dienone is 1. The largest absolute Gasteiger partial charge is 0.444 e. The number of nitrogens with zero attached hydrogens (tertiary/aromatic N) is 2. The lowest BCUT2D eigenvalue weighted by atomic mass is 9.95. The van der Waals surface area contributed by atoms with Crippen molar-refractivity contribution in [2.75, 3.05) is 5.32 Å². The van der Waals surface area contributed by atoms with E-state index in [2.05, 4.69) is 46.7 Å². The lowest BCUT2D eigenvalue weighted by Crippen LogP contribution is -2.27. The number of aromatic nitrogens is 1. The fraction of sp³-hybridized carbons (Fsp3) is 0.474. The van der Waals surface area contributed by atoms with E-state index in [9.17, 15) is 0 Å². The molecule has 2 rings (SSSR count). The number of anilines is 1. The van der Waals surface area contributed by atoms with Crippen molar-refractivity contribution in [1.82, 2.24) is 4.98 Å². The first-order chi connectivity index (χ1) is 11.6. The number of nitriles is 1. The molecule has 0 bridgehead atoms.